The van der Waals surface area contributed by atoms with Crippen LogP contribution in [0.15, 0.2) is 18.3 Å². The Morgan fingerprint density at radius 3 is 2.82 bits per heavy atom. The Bertz CT molecular complexity index is 417. The van der Waals surface area contributed by atoms with Crippen LogP contribution >= 0.6 is 0 Å². The van der Waals surface area contributed by atoms with E-state index in [1.54, 1.807) is 12.3 Å². The van der Waals surface area contributed by atoms with Gasteiger partial charge >= 0.3 is 0 Å². The van der Waals surface area contributed by atoms with E-state index in [4.69, 9.17) is 0 Å². The molecule has 1 aliphatic rings. The molecule has 0 unspecified atom stereocenters. The maximum absolute atomic E-state index is 13.0. The quantitative estimate of drug-likeness (QED) is 0.863. The van der Waals surface area contributed by atoms with Crippen molar-refractivity contribution in [3.63, 3.8) is 0 Å². The maximum atomic E-state index is 13.0. The van der Waals surface area contributed by atoms with Gasteiger partial charge in [0.2, 0.25) is 11.8 Å². The van der Waals surface area contributed by atoms with Crippen molar-refractivity contribution in [3.05, 3.63) is 23.9 Å². The molecule has 1 saturated carbocycles. The molecule has 0 saturated heterocycles. The van der Waals surface area contributed by atoms with E-state index in [0.29, 0.717) is 5.82 Å². The molecule has 0 radical (unpaired) electrons. The molecule has 0 aliphatic heterocycles. The Hall–Kier alpha value is -1.52. The van der Waals surface area contributed by atoms with Gasteiger partial charge in [0.15, 0.2) is 0 Å². The lowest BCUT2D eigenvalue weighted by Crippen LogP contribution is -2.22. The number of nitrogens with zero attached hydrogens (tertiary/aromatic N) is 1. The predicted octanol–water partition coefficient (Wildman–Crippen LogP) is 2.76. The number of alkyl halides is 2. The van der Waals surface area contributed by atoms with Crippen LogP contribution in [0.3, 0.4) is 0 Å². The van der Waals surface area contributed by atoms with E-state index in [2.05, 4.69) is 10.3 Å². The summed E-state index contributed by atoms with van der Waals surface area (Å²) >= 11 is 0. The summed E-state index contributed by atoms with van der Waals surface area (Å²) in [7, 11) is 0. The van der Waals surface area contributed by atoms with Crippen molar-refractivity contribution in [3.8, 4) is 0 Å². The normalized spacial score (nSPS) is 22.4. The summed E-state index contributed by atoms with van der Waals surface area (Å²) in [6.07, 6.45) is 1.31. The van der Waals surface area contributed by atoms with Gasteiger partial charge in [0.1, 0.15) is 5.82 Å². The molecule has 1 N–H and O–H groups in total. The van der Waals surface area contributed by atoms with E-state index in [1.807, 2.05) is 13.0 Å². The Kier molecular flexibility index (Phi) is 3.09. The topological polar surface area (TPSA) is 42.0 Å². The van der Waals surface area contributed by atoms with Gasteiger partial charge in [-0.25, -0.2) is 13.8 Å². The third-order valence-corrected chi connectivity index (χ3v) is 2.94. The summed E-state index contributed by atoms with van der Waals surface area (Å²) in [5.74, 6) is -3.25. The van der Waals surface area contributed by atoms with Gasteiger partial charge in [-0.05, 0) is 25.0 Å². The standard InChI is InChI=1S/C12H14F2N2O/c1-8-2-3-10(15-7-8)16-11(17)9-4-5-12(13,14)6-9/h2-3,7,9H,4-6H2,1H3,(H,15,16,17)/t9-/m0/s1. The van der Waals surface area contributed by atoms with Crippen molar-refractivity contribution < 1.29 is 13.6 Å². The van der Waals surface area contributed by atoms with Gasteiger partial charge in [0.05, 0.1) is 0 Å². The third-order valence-electron chi connectivity index (χ3n) is 2.94. The van der Waals surface area contributed by atoms with E-state index >= 15 is 0 Å². The highest BCUT2D eigenvalue weighted by Gasteiger charge is 2.42. The summed E-state index contributed by atoms with van der Waals surface area (Å²) in [6.45, 7) is 1.89. The van der Waals surface area contributed by atoms with Gasteiger partial charge in [0.25, 0.3) is 0 Å². The number of aryl methyl sites for hydroxylation is 1. The van der Waals surface area contributed by atoms with Crippen LogP contribution in [0.25, 0.3) is 0 Å². The molecule has 1 aromatic heterocycles. The number of hydrogen-bond donors (Lipinski definition) is 1. The molecular formula is C12H14F2N2O. The fraction of sp³-hybridized carbons (Fsp3) is 0.500. The molecule has 0 spiro atoms. The Morgan fingerprint density at radius 1 is 1.53 bits per heavy atom. The summed E-state index contributed by atoms with van der Waals surface area (Å²) in [5, 5.41) is 2.57. The molecule has 1 aromatic rings. The van der Waals surface area contributed by atoms with Crippen molar-refractivity contribution in [1.29, 1.82) is 0 Å². The van der Waals surface area contributed by atoms with E-state index in [0.717, 1.165) is 5.56 Å². The number of aromatic nitrogens is 1. The van der Waals surface area contributed by atoms with Crippen LogP contribution in [0.4, 0.5) is 14.6 Å². The lowest BCUT2D eigenvalue weighted by atomic mass is 10.1. The fourth-order valence-corrected chi connectivity index (χ4v) is 1.94. The average Bonchev–Trinajstić information content (AvgIpc) is 2.62. The smallest absolute Gasteiger partial charge is 0.248 e. The number of carbonyl (C=O) groups is 1. The van der Waals surface area contributed by atoms with Crippen molar-refractivity contribution in [2.75, 3.05) is 5.32 Å². The first kappa shape index (κ1) is 12.0. The van der Waals surface area contributed by atoms with Crippen LogP contribution in [0, 0.1) is 12.8 Å². The number of rotatable bonds is 2. The second-order valence-corrected chi connectivity index (χ2v) is 4.51. The van der Waals surface area contributed by atoms with Crippen molar-refractivity contribution in [1.82, 2.24) is 4.98 Å². The molecule has 0 bridgehead atoms. The van der Waals surface area contributed by atoms with Crippen molar-refractivity contribution in [2.24, 2.45) is 5.92 Å². The molecule has 92 valence electrons. The zero-order chi connectivity index (χ0) is 12.5. The summed E-state index contributed by atoms with van der Waals surface area (Å²) in [6, 6.07) is 3.48. The van der Waals surface area contributed by atoms with E-state index in [-0.39, 0.29) is 25.2 Å². The summed E-state index contributed by atoms with van der Waals surface area (Å²) in [4.78, 5) is 15.7. The van der Waals surface area contributed by atoms with Crippen molar-refractivity contribution in [2.45, 2.75) is 32.1 Å². The second-order valence-electron chi connectivity index (χ2n) is 4.51. The average molecular weight is 240 g/mol. The number of halogens is 2. The highest BCUT2D eigenvalue weighted by Crippen LogP contribution is 2.39. The monoisotopic (exact) mass is 240 g/mol. The van der Waals surface area contributed by atoms with Gasteiger partial charge in [-0.15, -0.1) is 0 Å². The first-order valence-electron chi connectivity index (χ1n) is 5.58. The molecule has 1 heterocycles. The first-order valence-corrected chi connectivity index (χ1v) is 5.58. The highest BCUT2D eigenvalue weighted by molar-refractivity contribution is 5.91. The Morgan fingerprint density at radius 2 is 2.29 bits per heavy atom. The molecule has 17 heavy (non-hydrogen) atoms. The van der Waals surface area contributed by atoms with Gasteiger partial charge in [-0.2, -0.15) is 0 Å². The number of pyridine rings is 1. The first-order chi connectivity index (χ1) is 7.96. The number of anilines is 1. The summed E-state index contributed by atoms with van der Waals surface area (Å²) < 4.78 is 25.9. The van der Waals surface area contributed by atoms with Crippen LogP contribution in [-0.4, -0.2) is 16.8 Å². The SMILES string of the molecule is Cc1ccc(NC(=O)[C@H]2CCC(F)(F)C2)nc1. The van der Waals surface area contributed by atoms with Crippen LogP contribution in [-0.2, 0) is 4.79 Å². The second kappa shape index (κ2) is 4.39. The zero-order valence-corrected chi connectivity index (χ0v) is 9.54. The fourth-order valence-electron chi connectivity index (χ4n) is 1.94. The van der Waals surface area contributed by atoms with Gasteiger partial charge in [0, 0.05) is 25.0 Å². The van der Waals surface area contributed by atoms with Gasteiger partial charge in [-0.3, -0.25) is 4.79 Å². The van der Waals surface area contributed by atoms with Crippen molar-refractivity contribution >= 4 is 11.7 Å². The maximum Gasteiger partial charge on any atom is 0.248 e. The lowest BCUT2D eigenvalue weighted by Gasteiger charge is -2.10. The minimum atomic E-state index is -2.69. The molecule has 2 rings (SSSR count). The van der Waals surface area contributed by atoms with E-state index < -0.39 is 11.8 Å². The number of nitrogens with one attached hydrogen (secondary N) is 1. The molecule has 1 amide bonds. The van der Waals surface area contributed by atoms with E-state index in [9.17, 15) is 13.6 Å². The summed E-state index contributed by atoms with van der Waals surface area (Å²) in [5.41, 5.74) is 0.982. The Balaban J connectivity index is 1.96. The Labute approximate surface area is 98.2 Å². The predicted molar refractivity (Wildman–Crippen MR) is 59.9 cm³/mol. The molecule has 1 fully saturated rings. The zero-order valence-electron chi connectivity index (χ0n) is 9.54. The largest absolute Gasteiger partial charge is 0.310 e. The molecule has 1 aliphatic carbocycles. The van der Waals surface area contributed by atoms with Crippen LogP contribution in [0.5, 0.6) is 0 Å². The van der Waals surface area contributed by atoms with Crippen LogP contribution in [0.1, 0.15) is 24.8 Å². The minimum absolute atomic E-state index is 0.202. The highest BCUT2D eigenvalue weighted by atomic mass is 19.3. The molecular weight excluding hydrogens is 226 g/mol. The molecule has 3 nitrogen and oxygen atoms in total. The molecule has 0 aromatic carbocycles. The number of amides is 1. The minimum Gasteiger partial charge on any atom is -0.310 e. The van der Waals surface area contributed by atoms with E-state index in [1.165, 1.54) is 0 Å². The third kappa shape index (κ3) is 2.99. The number of hydrogen-bond acceptors (Lipinski definition) is 2. The molecule has 1 atom stereocenters. The van der Waals surface area contributed by atoms with Gasteiger partial charge in [-0.1, -0.05) is 6.07 Å². The molecule has 5 heteroatoms. The van der Waals surface area contributed by atoms with Crippen LogP contribution in [0.2, 0.25) is 0 Å². The lowest BCUT2D eigenvalue weighted by molar-refractivity contribution is -0.120. The van der Waals surface area contributed by atoms with Gasteiger partial charge < -0.3 is 5.32 Å². The number of carbonyl (C=O) groups excluding carboxylic acids is 1. The van der Waals surface area contributed by atoms with Crippen LogP contribution < -0.4 is 5.32 Å².